The summed E-state index contributed by atoms with van der Waals surface area (Å²) in [5.74, 6) is 1.40. The topological polar surface area (TPSA) is 44.5 Å². The number of hydrogen-bond donors (Lipinski definition) is 1. The minimum Gasteiger partial charge on any atom is -0.378 e. The van der Waals surface area contributed by atoms with Crippen molar-refractivity contribution in [2.75, 3.05) is 19.8 Å². The zero-order chi connectivity index (χ0) is 13.8. The van der Waals surface area contributed by atoms with Crippen molar-refractivity contribution in [3.8, 4) is 0 Å². The highest BCUT2D eigenvalue weighted by atomic mass is 16.6. The van der Waals surface area contributed by atoms with E-state index < -0.39 is 0 Å². The van der Waals surface area contributed by atoms with Crippen LogP contribution in [0.4, 0.5) is 0 Å². The van der Waals surface area contributed by atoms with Gasteiger partial charge < -0.3 is 15.2 Å². The standard InChI is InChI=1S/C17H31NO2/c18-11-14-5-4-6-15(14)12-19-13-16-7-10-17(20-16)8-2-1-3-9-17/h14-16H,1-13,18H2. The molecule has 3 atom stereocenters. The molecule has 1 aliphatic heterocycles. The molecule has 3 unspecified atom stereocenters. The van der Waals surface area contributed by atoms with E-state index in [0.717, 1.165) is 19.8 Å². The van der Waals surface area contributed by atoms with Gasteiger partial charge in [0.2, 0.25) is 0 Å². The Balaban J connectivity index is 1.37. The highest BCUT2D eigenvalue weighted by molar-refractivity contribution is 4.91. The molecule has 1 spiro atoms. The van der Waals surface area contributed by atoms with Crippen molar-refractivity contribution in [1.29, 1.82) is 0 Å². The van der Waals surface area contributed by atoms with Gasteiger partial charge in [-0.25, -0.2) is 0 Å². The molecular formula is C17H31NO2. The molecule has 1 saturated heterocycles. The minimum absolute atomic E-state index is 0.236. The molecule has 3 rings (SSSR count). The molecule has 3 aliphatic rings. The zero-order valence-corrected chi connectivity index (χ0v) is 12.8. The fourth-order valence-electron chi connectivity index (χ4n) is 4.57. The maximum Gasteiger partial charge on any atom is 0.0817 e. The van der Waals surface area contributed by atoms with Gasteiger partial charge in [0.25, 0.3) is 0 Å². The smallest absolute Gasteiger partial charge is 0.0817 e. The first-order valence-electron chi connectivity index (χ1n) is 8.77. The third kappa shape index (κ3) is 3.37. The van der Waals surface area contributed by atoms with Crippen LogP contribution < -0.4 is 5.73 Å². The number of nitrogens with two attached hydrogens (primary N) is 1. The Morgan fingerprint density at radius 1 is 0.900 bits per heavy atom. The predicted octanol–water partition coefficient (Wildman–Crippen LogP) is 3.26. The second-order valence-corrected chi connectivity index (χ2v) is 7.25. The molecule has 3 nitrogen and oxygen atoms in total. The van der Waals surface area contributed by atoms with Gasteiger partial charge >= 0.3 is 0 Å². The summed E-state index contributed by atoms with van der Waals surface area (Å²) in [7, 11) is 0. The van der Waals surface area contributed by atoms with Gasteiger partial charge in [-0.3, -0.25) is 0 Å². The van der Waals surface area contributed by atoms with Gasteiger partial charge in [0.1, 0.15) is 0 Å². The van der Waals surface area contributed by atoms with E-state index >= 15 is 0 Å². The van der Waals surface area contributed by atoms with Crippen molar-refractivity contribution >= 4 is 0 Å². The van der Waals surface area contributed by atoms with Crippen molar-refractivity contribution in [2.24, 2.45) is 17.6 Å². The van der Waals surface area contributed by atoms with Crippen LogP contribution in [-0.4, -0.2) is 31.5 Å². The van der Waals surface area contributed by atoms with Crippen LogP contribution in [0.3, 0.4) is 0 Å². The van der Waals surface area contributed by atoms with Crippen LogP contribution in [0.25, 0.3) is 0 Å². The second kappa shape index (κ2) is 6.76. The first kappa shape index (κ1) is 14.8. The fraction of sp³-hybridized carbons (Fsp3) is 1.00. The summed E-state index contributed by atoms with van der Waals surface area (Å²) in [6.45, 7) is 2.53. The van der Waals surface area contributed by atoms with E-state index in [4.69, 9.17) is 15.2 Å². The largest absolute Gasteiger partial charge is 0.378 e. The lowest BCUT2D eigenvalue weighted by molar-refractivity contribution is -0.0912. The normalized spacial score (nSPS) is 36.8. The third-order valence-corrected chi connectivity index (χ3v) is 5.86. The molecule has 0 aromatic carbocycles. The highest BCUT2D eigenvalue weighted by Crippen LogP contribution is 2.42. The molecule has 0 aromatic rings. The summed E-state index contributed by atoms with van der Waals surface area (Å²) in [4.78, 5) is 0. The van der Waals surface area contributed by atoms with Crippen molar-refractivity contribution in [3.05, 3.63) is 0 Å². The summed E-state index contributed by atoms with van der Waals surface area (Å²) in [6.07, 6.45) is 13.4. The summed E-state index contributed by atoms with van der Waals surface area (Å²) < 4.78 is 12.3. The average Bonchev–Trinajstić information content (AvgIpc) is 3.07. The molecular weight excluding hydrogens is 250 g/mol. The van der Waals surface area contributed by atoms with Gasteiger partial charge in [-0.15, -0.1) is 0 Å². The SMILES string of the molecule is NCC1CCCC1COCC1CCC2(CCCCC2)O1. The number of hydrogen-bond acceptors (Lipinski definition) is 3. The molecule has 1 heterocycles. The summed E-state index contributed by atoms with van der Waals surface area (Å²) >= 11 is 0. The lowest BCUT2D eigenvalue weighted by Crippen LogP contribution is -2.33. The van der Waals surface area contributed by atoms with Crippen molar-refractivity contribution in [2.45, 2.75) is 75.9 Å². The molecule has 2 N–H and O–H groups in total. The molecule has 2 aliphatic carbocycles. The molecule has 0 aromatic heterocycles. The molecule has 3 fully saturated rings. The maximum absolute atomic E-state index is 6.36. The Labute approximate surface area is 123 Å². The van der Waals surface area contributed by atoms with Gasteiger partial charge in [0.05, 0.1) is 18.3 Å². The van der Waals surface area contributed by atoms with Crippen LogP contribution in [0.15, 0.2) is 0 Å². The zero-order valence-electron chi connectivity index (χ0n) is 12.8. The van der Waals surface area contributed by atoms with E-state index in [-0.39, 0.29) is 5.60 Å². The summed E-state index contributed by atoms with van der Waals surface area (Å²) in [6, 6.07) is 0. The molecule has 0 bridgehead atoms. The van der Waals surface area contributed by atoms with E-state index in [1.807, 2.05) is 0 Å². The Bertz CT molecular complexity index is 301. The van der Waals surface area contributed by atoms with Crippen LogP contribution in [-0.2, 0) is 9.47 Å². The Hall–Kier alpha value is -0.120. The van der Waals surface area contributed by atoms with E-state index in [1.54, 1.807) is 0 Å². The molecule has 0 radical (unpaired) electrons. The van der Waals surface area contributed by atoms with Crippen molar-refractivity contribution in [3.63, 3.8) is 0 Å². The van der Waals surface area contributed by atoms with Gasteiger partial charge in [-0.1, -0.05) is 25.7 Å². The van der Waals surface area contributed by atoms with E-state index in [1.165, 1.54) is 64.2 Å². The Morgan fingerprint density at radius 2 is 1.70 bits per heavy atom. The third-order valence-electron chi connectivity index (χ3n) is 5.86. The number of rotatable bonds is 5. The van der Waals surface area contributed by atoms with Gasteiger partial charge in [-0.05, 0) is 56.9 Å². The lowest BCUT2D eigenvalue weighted by atomic mass is 9.83. The van der Waals surface area contributed by atoms with Crippen LogP contribution in [0.5, 0.6) is 0 Å². The Kier molecular flexibility index (Phi) is 5.00. The van der Waals surface area contributed by atoms with Crippen LogP contribution >= 0.6 is 0 Å². The molecule has 20 heavy (non-hydrogen) atoms. The highest BCUT2D eigenvalue weighted by Gasteiger charge is 2.40. The monoisotopic (exact) mass is 281 g/mol. The minimum atomic E-state index is 0.236. The van der Waals surface area contributed by atoms with Gasteiger partial charge in [0, 0.05) is 6.61 Å². The predicted molar refractivity (Wildman–Crippen MR) is 80.6 cm³/mol. The van der Waals surface area contributed by atoms with Crippen molar-refractivity contribution < 1.29 is 9.47 Å². The van der Waals surface area contributed by atoms with Crippen LogP contribution in [0.1, 0.15) is 64.2 Å². The van der Waals surface area contributed by atoms with Gasteiger partial charge in [-0.2, -0.15) is 0 Å². The summed E-state index contributed by atoms with van der Waals surface area (Å²) in [5.41, 5.74) is 6.07. The molecule has 2 saturated carbocycles. The van der Waals surface area contributed by atoms with E-state index in [9.17, 15) is 0 Å². The van der Waals surface area contributed by atoms with Gasteiger partial charge in [0.15, 0.2) is 0 Å². The second-order valence-electron chi connectivity index (χ2n) is 7.25. The van der Waals surface area contributed by atoms with Crippen molar-refractivity contribution in [1.82, 2.24) is 0 Å². The lowest BCUT2D eigenvalue weighted by Gasteiger charge is -2.33. The maximum atomic E-state index is 6.36. The van der Waals surface area contributed by atoms with E-state index in [2.05, 4.69) is 0 Å². The molecule has 0 amide bonds. The first-order chi connectivity index (χ1) is 9.81. The van der Waals surface area contributed by atoms with Crippen LogP contribution in [0, 0.1) is 11.8 Å². The van der Waals surface area contributed by atoms with E-state index in [0.29, 0.717) is 17.9 Å². The average molecular weight is 281 g/mol. The molecule has 3 heteroatoms. The fourth-order valence-corrected chi connectivity index (χ4v) is 4.57. The first-order valence-corrected chi connectivity index (χ1v) is 8.77. The van der Waals surface area contributed by atoms with Crippen LogP contribution in [0.2, 0.25) is 0 Å². The quantitative estimate of drug-likeness (QED) is 0.841. The summed E-state index contributed by atoms with van der Waals surface area (Å²) in [5, 5.41) is 0. The molecule has 116 valence electrons. The Morgan fingerprint density at radius 3 is 2.50 bits per heavy atom. The number of ether oxygens (including phenoxy) is 2.